The molecule has 0 unspecified atom stereocenters. The van der Waals surface area contributed by atoms with Crippen molar-refractivity contribution in [1.29, 1.82) is 5.26 Å². The normalized spacial score (nSPS) is 19.8. The Hall–Kier alpha value is -3.29. The van der Waals surface area contributed by atoms with Gasteiger partial charge in [0.2, 0.25) is 10.0 Å². The molecule has 3 aromatic heterocycles. The van der Waals surface area contributed by atoms with Crippen molar-refractivity contribution in [2.45, 2.75) is 82.6 Å². The number of nitriles is 1. The van der Waals surface area contributed by atoms with E-state index in [2.05, 4.69) is 61.7 Å². The summed E-state index contributed by atoms with van der Waals surface area (Å²) in [6.45, 7) is 9.83. The van der Waals surface area contributed by atoms with Crippen LogP contribution in [0, 0.1) is 18.3 Å². The molecule has 0 amide bonds. The third-order valence-corrected chi connectivity index (χ3v) is 13.7. The molecular weight excluding hydrogens is 674 g/mol. The van der Waals surface area contributed by atoms with E-state index in [0.717, 1.165) is 73.1 Å². The molecule has 7 rings (SSSR count). The Labute approximate surface area is 288 Å². The Morgan fingerprint density at radius 3 is 2.45 bits per heavy atom. The largest absolute Gasteiger partial charge is 0.393 e. The molecule has 0 radical (unpaired) electrons. The topological polar surface area (TPSA) is 110 Å². The van der Waals surface area contributed by atoms with Crippen LogP contribution in [0.5, 0.6) is 0 Å². The van der Waals surface area contributed by atoms with Crippen molar-refractivity contribution in [3.05, 3.63) is 52.3 Å². The molecule has 262 valence electrons. The van der Waals surface area contributed by atoms with E-state index in [-0.39, 0.29) is 22.2 Å². The molecule has 49 heavy (non-hydrogen) atoms. The number of fused-ring (bicyclic) bond motifs is 2. The number of hydrogen-bond donors (Lipinski definition) is 1. The van der Waals surface area contributed by atoms with Gasteiger partial charge in [-0.2, -0.15) is 22.7 Å². The van der Waals surface area contributed by atoms with E-state index in [4.69, 9.17) is 0 Å². The molecule has 4 aromatic rings. The molecule has 3 fully saturated rings. The van der Waals surface area contributed by atoms with E-state index in [1.54, 1.807) is 10.4 Å². The number of halogens is 3. The lowest BCUT2D eigenvalue weighted by atomic mass is 10.0. The molecule has 0 spiro atoms. The second-order valence-electron chi connectivity index (χ2n) is 13.7. The Morgan fingerprint density at radius 1 is 1.04 bits per heavy atom. The molecule has 3 aliphatic rings. The van der Waals surface area contributed by atoms with E-state index in [9.17, 15) is 26.9 Å². The maximum Gasteiger partial charge on any atom is 0.393 e. The first-order valence-electron chi connectivity index (χ1n) is 16.9. The van der Waals surface area contributed by atoms with Crippen LogP contribution < -0.4 is 5.32 Å². The number of thiophene rings is 1. The minimum Gasteiger partial charge on any atom is -0.367 e. The number of alkyl halides is 3. The van der Waals surface area contributed by atoms with Gasteiger partial charge in [-0.15, -0.1) is 11.3 Å². The van der Waals surface area contributed by atoms with Crippen molar-refractivity contribution in [3.8, 4) is 6.07 Å². The fourth-order valence-corrected chi connectivity index (χ4v) is 10.2. The van der Waals surface area contributed by atoms with Crippen molar-refractivity contribution in [1.82, 2.24) is 28.6 Å². The van der Waals surface area contributed by atoms with Crippen LogP contribution >= 0.6 is 11.3 Å². The molecule has 2 aliphatic heterocycles. The Kier molecular flexibility index (Phi) is 9.38. The van der Waals surface area contributed by atoms with Crippen LogP contribution in [-0.4, -0.2) is 99.8 Å². The molecule has 10 nitrogen and oxygen atoms in total. The maximum absolute atomic E-state index is 13.0. The lowest BCUT2D eigenvalue weighted by Crippen LogP contribution is -2.52. The molecule has 0 bridgehead atoms. The quantitative estimate of drug-likeness (QED) is 0.229. The van der Waals surface area contributed by atoms with Crippen molar-refractivity contribution < 1.29 is 21.6 Å². The summed E-state index contributed by atoms with van der Waals surface area (Å²) in [7, 11) is -3.16. The average molecular weight is 715 g/mol. The summed E-state index contributed by atoms with van der Waals surface area (Å²) in [6.07, 6.45) is -0.520. The van der Waals surface area contributed by atoms with Crippen molar-refractivity contribution >= 4 is 48.3 Å². The Morgan fingerprint density at radius 2 is 1.78 bits per heavy atom. The van der Waals surface area contributed by atoms with Gasteiger partial charge in [0.25, 0.3) is 0 Å². The number of piperidine rings is 1. The van der Waals surface area contributed by atoms with Gasteiger partial charge in [-0.3, -0.25) is 9.80 Å². The molecule has 15 heteroatoms. The van der Waals surface area contributed by atoms with Crippen LogP contribution in [0.15, 0.2) is 30.6 Å². The van der Waals surface area contributed by atoms with Gasteiger partial charge in [-0.05, 0) is 68.9 Å². The fourth-order valence-electron chi connectivity index (χ4n) is 7.31. The van der Waals surface area contributed by atoms with Gasteiger partial charge < -0.3 is 9.88 Å². The number of nitrogens with one attached hydrogen (secondary N) is 1. The van der Waals surface area contributed by atoms with Gasteiger partial charge in [-0.25, -0.2) is 18.4 Å². The van der Waals surface area contributed by atoms with Crippen LogP contribution in [0.3, 0.4) is 0 Å². The SMILES string of the molecule is Cc1c(CN2CCC(Nc3ncnc4sc(CC(F)(F)F)cc34)CC2)ccc2c1cc(C#N)n2C[C@H](C)N1CCN(S(=O)(=O)C2CC2)CC1. The van der Waals surface area contributed by atoms with Crippen LogP contribution in [0.1, 0.15) is 54.3 Å². The molecule has 1 saturated carbocycles. The highest BCUT2D eigenvalue weighted by atomic mass is 32.2. The number of aryl methyl sites for hydroxylation is 1. The number of sulfonamides is 1. The van der Waals surface area contributed by atoms with Gasteiger partial charge in [0.05, 0.1) is 17.1 Å². The molecular formula is C34H41F3N8O2S2. The first-order valence-corrected chi connectivity index (χ1v) is 19.3. The Bertz CT molecular complexity index is 1980. The van der Waals surface area contributed by atoms with Gasteiger partial charge >= 0.3 is 6.18 Å². The second kappa shape index (κ2) is 13.4. The molecule has 1 atom stereocenters. The zero-order chi connectivity index (χ0) is 34.5. The molecule has 2 saturated heterocycles. The lowest BCUT2D eigenvalue weighted by molar-refractivity contribution is -0.126. The number of nitrogens with zero attached hydrogens (tertiary/aromatic N) is 7. The van der Waals surface area contributed by atoms with E-state index >= 15 is 0 Å². The monoisotopic (exact) mass is 714 g/mol. The molecule has 1 aliphatic carbocycles. The second-order valence-corrected chi connectivity index (χ2v) is 17.0. The van der Waals surface area contributed by atoms with Crippen molar-refractivity contribution in [3.63, 3.8) is 0 Å². The first kappa shape index (κ1) is 34.2. The number of aromatic nitrogens is 3. The van der Waals surface area contributed by atoms with E-state index in [1.165, 1.54) is 11.9 Å². The fraction of sp³-hybridized carbons (Fsp3) is 0.559. The van der Waals surface area contributed by atoms with E-state index < -0.39 is 22.6 Å². The van der Waals surface area contributed by atoms with Crippen molar-refractivity contribution in [2.75, 3.05) is 44.6 Å². The number of anilines is 1. The van der Waals surface area contributed by atoms with Gasteiger partial charge in [0.15, 0.2) is 0 Å². The number of benzene rings is 1. The van der Waals surface area contributed by atoms with Gasteiger partial charge in [0.1, 0.15) is 28.7 Å². The molecule has 1 N–H and O–H groups in total. The van der Waals surface area contributed by atoms with Crippen LogP contribution in [0.4, 0.5) is 19.0 Å². The smallest absolute Gasteiger partial charge is 0.367 e. The van der Waals surface area contributed by atoms with Crippen molar-refractivity contribution in [2.24, 2.45) is 0 Å². The summed E-state index contributed by atoms with van der Waals surface area (Å²) in [6, 6.07) is 10.5. The van der Waals surface area contributed by atoms with Gasteiger partial charge in [0, 0.05) is 80.2 Å². The number of hydrogen-bond acceptors (Lipinski definition) is 9. The number of rotatable bonds is 10. The summed E-state index contributed by atoms with van der Waals surface area (Å²) in [5, 5.41) is 15.1. The summed E-state index contributed by atoms with van der Waals surface area (Å²) < 4.78 is 68.0. The van der Waals surface area contributed by atoms with Crippen LogP contribution in [0.2, 0.25) is 0 Å². The Balaban J connectivity index is 0.970. The average Bonchev–Trinajstić information content (AvgIpc) is 3.77. The van der Waals surface area contributed by atoms with Crippen LogP contribution in [-0.2, 0) is 29.5 Å². The maximum atomic E-state index is 13.0. The molecule has 1 aromatic carbocycles. The predicted molar refractivity (Wildman–Crippen MR) is 185 cm³/mol. The third-order valence-electron chi connectivity index (χ3n) is 10.3. The van der Waals surface area contributed by atoms with E-state index in [1.807, 2.05) is 6.07 Å². The number of likely N-dealkylation sites (tertiary alicyclic amines) is 1. The third kappa shape index (κ3) is 7.30. The minimum absolute atomic E-state index is 0.142. The highest BCUT2D eigenvalue weighted by molar-refractivity contribution is 7.90. The minimum atomic E-state index is -4.26. The first-order chi connectivity index (χ1) is 23.4. The lowest BCUT2D eigenvalue weighted by Gasteiger charge is -2.37. The summed E-state index contributed by atoms with van der Waals surface area (Å²) >= 11 is 1.06. The summed E-state index contributed by atoms with van der Waals surface area (Å²) in [5.41, 5.74) is 4.04. The summed E-state index contributed by atoms with van der Waals surface area (Å²) in [5.74, 6) is 0.588. The summed E-state index contributed by atoms with van der Waals surface area (Å²) in [4.78, 5) is 14.1. The van der Waals surface area contributed by atoms with Crippen LogP contribution in [0.25, 0.3) is 21.1 Å². The molecule has 5 heterocycles. The predicted octanol–water partition coefficient (Wildman–Crippen LogP) is 5.51. The number of piperazine rings is 1. The van der Waals surface area contributed by atoms with E-state index in [0.29, 0.717) is 54.5 Å². The highest BCUT2D eigenvalue weighted by Gasteiger charge is 2.41. The zero-order valence-corrected chi connectivity index (χ0v) is 29.3. The van der Waals surface area contributed by atoms with Gasteiger partial charge in [-0.1, -0.05) is 6.07 Å². The highest BCUT2D eigenvalue weighted by Crippen LogP contribution is 2.34. The zero-order valence-electron chi connectivity index (χ0n) is 27.7. The standard InChI is InChI=1S/C34H41F3N8O2S2/c1-22(43-11-13-44(14-12-43)49(46,47)28-4-5-28)19-45-26(18-38)15-29-23(2)24(3-6-31(29)45)20-42-9-7-25(8-10-42)41-32-30-16-27(17-34(35,36)37)48-33(30)40-21-39-32/h3,6,15-16,21-22,25,28H,4-5,7-14,17,19-20H2,1-2H3,(H,39,40,41)/t22-/m0/s1.